The zero-order valence-electron chi connectivity index (χ0n) is 14.0. The average molecular weight is 406 g/mol. The fourth-order valence-electron chi connectivity index (χ4n) is 2.38. The molecule has 8 heteroatoms. The van der Waals surface area contributed by atoms with Crippen LogP contribution in [0.1, 0.15) is 27.4 Å². The number of nitrogens with zero attached hydrogens (tertiary/aromatic N) is 4. The molecular formula is C17H17BrFN5O. The Morgan fingerprint density at radius 3 is 2.64 bits per heavy atom. The molecular weight excluding hydrogens is 389 g/mol. The molecule has 0 aliphatic heterocycles. The minimum Gasteiger partial charge on any atom is -0.320 e. The smallest absolute Gasteiger partial charge is 0.276 e. The van der Waals surface area contributed by atoms with Gasteiger partial charge in [-0.05, 0) is 60.5 Å². The molecule has 0 aliphatic rings. The Hall–Kier alpha value is -2.48. The summed E-state index contributed by atoms with van der Waals surface area (Å²) < 4.78 is 17.9. The topological polar surface area (TPSA) is 64.7 Å². The first kappa shape index (κ1) is 17.3. The molecule has 2 heterocycles. The van der Waals surface area contributed by atoms with Gasteiger partial charge in [-0.15, -0.1) is 0 Å². The molecule has 0 saturated carbocycles. The van der Waals surface area contributed by atoms with Gasteiger partial charge in [-0.25, -0.2) is 9.07 Å². The van der Waals surface area contributed by atoms with Crippen LogP contribution in [0, 0.1) is 26.6 Å². The van der Waals surface area contributed by atoms with E-state index in [-0.39, 0.29) is 11.5 Å². The van der Waals surface area contributed by atoms with Crippen LogP contribution in [0.2, 0.25) is 0 Å². The molecule has 1 aromatic carbocycles. The van der Waals surface area contributed by atoms with Crippen molar-refractivity contribution < 1.29 is 9.18 Å². The van der Waals surface area contributed by atoms with Crippen LogP contribution in [0.4, 0.5) is 10.1 Å². The predicted octanol–water partition coefficient (Wildman–Crippen LogP) is 3.66. The number of carbonyl (C=O) groups excluding carboxylic acids is 1. The number of rotatable bonds is 4. The normalized spacial score (nSPS) is 10.9. The van der Waals surface area contributed by atoms with Gasteiger partial charge >= 0.3 is 0 Å². The van der Waals surface area contributed by atoms with Crippen LogP contribution in [0.25, 0.3) is 0 Å². The molecule has 1 amide bonds. The Labute approximate surface area is 152 Å². The van der Waals surface area contributed by atoms with E-state index >= 15 is 0 Å². The second-order valence-electron chi connectivity index (χ2n) is 5.78. The number of amides is 1. The Bertz CT molecular complexity index is 947. The zero-order valence-corrected chi connectivity index (χ0v) is 15.6. The molecule has 25 heavy (non-hydrogen) atoms. The Morgan fingerprint density at radius 1 is 1.24 bits per heavy atom. The number of nitrogens with one attached hydrogen (secondary N) is 1. The summed E-state index contributed by atoms with van der Waals surface area (Å²) in [6.07, 6.45) is 1.70. The standard InChI is InChI=1S/C17H17BrFN5O/c1-10-4-5-13(8-14(10)19)20-17(25)15-6-7-23(22-15)9-24-12(3)16(18)11(2)21-24/h4-8H,9H2,1-3H3,(H,20,25). The molecule has 0 radical (unpaired) electrons. The highest BCUT2D eigenvalue weighted by Gasteiger charge is 2.13. The number of carbonyl (C=O) groups is 1. The van der Waals surface area contributed by atoms with Crippen LogP contribution >= 0.6 is 15.9 Å². The van der Waals surface area contributed by atoms with E-state index in [1.54, 1.807) is 40.7 Å². The average Bonchev–Trinajstić information content (AvgIpc) is 3.13. The van der Waals surface area contributed by atoms with Crippen LogP contribution in [0.5, 0.6) is 0 Å². The molecule has 2 aromatic heterocycles. The summed E-state index contributed by atoms with van der Waals surface area (Å²) in [5.74, 6) is -0.755. The number of aromatic nitrogens is 4. The number of anilines is 1. The van der Waals surface area contributed by atoms with Crippen molar-refractivity contribution >= 4 is 27.5 Å². The molecule has 1 N–H and O–H groups in total. The number of hydrogen-bond donors (Lipinski definition) is 1. The number of halogens is 2. The molecule has 0 fully saturated rings. The van der Waals surface area contributed by atoms with Gasteiger partial charge in [0.15, 0.2) is 5.69 Å². The summed E-state index contributed by atoms with van der Waals surface area (Å²) in [6, 6.07) is 6.17. The van der Waals surface area contributed by atoms with Gasteiger partial charge < -0.3 is 5.32 Å². The van der Waals surface area contributed by atoms with Crippen molar-refractivity contribution in [3.05, 3.63) is 63.4 Å². The minimum absolute atomic E-state index is 0.251. The lowest BCUT2D eigenvalue weighted by Gasteiger charge is -2.06. The third kappa shape index (κ3) is 3.63. The maximum atomic E-state index is 13.6. The second-order valence-corrected chi connectivity index (χ2v) is 6.58. The third-order valence-electron chi connectivity index (χ3n) is 3.88. The molecule has 6 nitrogen and oxygen atoms in total. The van der Waals surface area contributed by atoms with Crippen LogP contribution < -0.4 is 5.32 Å². The van der Waals surface area contributed by atoms with Crippen molar-refractivity contribution in [3.8, 4) is 0 Å². The minimum atomic E-state index is -0.392. The van der Waals surface area contributed by atoms with Gasteiger partial charge in [-0.1, -0.05) is 6.07 Å². The fourth-order valence-corrected chi connectivity index (χ4v) is 2.66. The van der Waals surface area contributed by atoms with E-state index in [0.717, 1.165) is 15.9 Å². The molecule has 0 aliphatic carbocycles. The van der Waals surface area contributed by atoms with Gasteiger partial charge in [0.25, 0.3) is 5.91 Å². The lowest BCUT2D eigenvalue weighted by Crippen LogP contribution is -2.15. The molecule has 0 unspecified atom stereocenters. The summed E-state index contributed by atoms with van der Waals surface area (Å²) in [6.45, 7) is 5.92. The molecule has 3 rings (SSSR count). The van der Waals surface area contributed by atoms with Crippen LogP contribution in [-0.4, -0.2) is 25.5 Å². The number of hydrogen-bond acceptors (Lipinski definition) is 3. The Balaban J connectivity index is 1.73. The molecule has 0 atom stereocenters. The SMILES string of the molecule is Cc1ccc(NC(=O)c2ccn(Cn3nc(C)c(Br)c3C)n2)cc1F. The summed E-state index contributed by atoms with van der Waals surface area (Å²) >= 11 is 3.48. The predicted molar refractivity (Wildman–Crippen MR) is 96.1 cm³/mol. The van der Waals surface area contributed by atoms with E-state index in [1.165, 1.54) is 6.07 Å². The molecule has 130 valence electrons. The second kappa shape index (κ2) is 6.79. The van der Waals surface area contributed by atoms with Gasteiger partial charge in [0.05, 0.1) is 15.9 Å². The van der Waals surface area contributed by atoms with E-state index in [0.29, 0.717) is 17.9 Å². The highest BCUT2D eigenvalue weighted by molar-refractivity contribution is 9.10. The maximum Gasteiger partial charge on any atom is 0.276 e. The first-order chi connectivity index (χ1) is 11.8. The number of aryl methyl sites for hydroxylation is 2. The molecule has 0 spiro atoms. The molecule has 3 aromatic rings. The van der Waals surface area contributed by atoms with Gasteiger partial charge in [0.2, 0.25) is 0 Å². The summed E-state index contributed by atoms with van der Waals surface area (Å²) in [5.41, 5.74) is 3.04. The van der Waals surface area contributed by atoms with Gasteiger partial charge in [-0.3, -0.25) is 9.48 Å². The summed E-state index contributed by atoms with van der Waals surface area (Å²) in [7, 11) is 0. The highest BCUT2D eigenvalue weighted by atomic mass is 79.9. The van der Waals surface area contributed by atoms with E-state index in [9.17, 15) is 9.18 Å². The van der Waals surface area contributed by atoms with Crippen LogP contribution in [0.3, 0.4) is 0 Å². The van der Waals surface area contributed by atoms with Crippen molar-refractivity contribution in [3.63, 3.8) is 0 Å². The van der Waals surface area contributed by atoms with Gasteiger partial charge in [-0.2, -0.15) is 10.2 Å². The van der Waals surface area contributed by atoms with E-state index in [1.807, 2.05) is 13.8 Å². The highest BCUT2D eigenvalue weighted by Crippen LogP contribution is 2.19. The summed E-state index contributed by atoms with van der Waals surface area (Å²) in [4.78, 5) is 12.3. The van der Waals surface area contributed by atoms with Crippen molar-refractivity contribution in [1.82, 2.24) is 19.6 Å². The van der Waals surface area contributed by atoms with E-state index in [2.05, 4.69) is 31.4 Å². The van der Waals surface area contributed by atoms with Gasteiger partial charge in [0.1, 0.15) is 12.5 Å². The zero-order chi connectivity index (χ0) is 18.1. The Kier molecular flexibility index (Phi) is 4.71. The third-order valence-corrected chi connectivity index (χ3v) is 5.02. The number of benzene rings is 1. The maximum absolute atomic E-state index is 13.6. The van der Waals surface area contributed by atoms with Gasteiger partial charge in [0, 0.05) is 11.9 Å². The molecule has 0 saturated heterocycles. The lowest BCUT2D eigenvalue weighted by atomic mass is 10.2. The van der Waals surface area contributed by atoms with Crippen molar-refractivity contribution in [2.24, 2.45) is 0 Å². The van der Waals surface area contributed by atoms with E-state index < -0.39 is 5.91 Å². The summed E-state index contributed by atoms with van der Waals surface area (Å²) in [5, 5.41) is 11.3. The van der Waals surface area contributed by atoms with Crippen molar-refractivity contribution in [2.45, 2.75) is 27.4 Å². The van der Waals surface area contributed by atoms with Crippen LogP contribution in [-0.2, 0) is 6.67 Å². The first-order valence-electron chi connectivity index (χ1n) is 7.65. The van der Waals surface area contributed by atoms with Crippen molar-refractivity contribution in [1.29, 1.82) is 0 Å². The monoisotopic (exact) mass is 405 g/mol. The quantitative estimate of drug-likeness (QED) is 0.719. The van der Waals surface area contributed by atoms with Crippen LogP contribution in [0.15, 0.2) is 34.9 Å². The largest absolute Gasteiger partial charge is 0.320 e. The Morgan fingerprint density at radius 2 is 2.00 bits per heavy atom. The van der Waals surface area contributed by atoms with Crippen molar-refractivity contribution in [2.75, 3.05) is 5.32 Å². The van der Waals surface area contributed by atoms with E-state index in [4.69, 9.17) is 0 Å². The lowest BCUT2D eigenvalue weighted by molar-refractivity contribution is 0.102. The molecule has 0 bridgehead atoms. The first-order valence-corrected chi connectivity index (χ1v) is 8.45. The fraction of sp³-hybridized carbons (Fsp3) is 0.235.